The summed E-state index contributed by atoms with van der Waals surface area (Å²) in [4.78, 5) is 0. The lowest BCUT2D eigenvalue weighted by Crippen LogP contribution is -2.00. The van der Waals surface area contributed by atoms with Crippen LogP contribution in [-0.4, -0.2) is 14.3 Å². The van der Waals surface area contributed by atoms with E-state index in [0.29, 0.717) is 0 Å². The van der Waals surface area contributed by atoms with Gasteiger partial charge in [0.05, 0.1) is 17.1 Å². The Labute approximate surface area is 164 Å². The van der Waals surface area contributed by atoms with Crippen molar-refractivity contribution in [3.8, 4) is 28.2 Å². The van der Waals surface area contributed by atoms with Crippen LogP contribution in [0, 0.1) is 6.92 Å². The second-order valence-electron chi connectivity index (χ2n) is 7.06. The number of nitrogens with zero attached hydrogens (tertiary/aromatic N) is 3. The smallest absolute Gasteiger partial charge is 0.0934 e. The van der Waals surface area contributed by atoms with Crippen LogP contribution < -0.4 is 0 Å². The zero-order valence-electron chi connectivity index (χ0n) is 16.0. The molecule has 2 aromatic heterocycles. The highest BCUT2D eigenvalue weighted by Gasteiger charge is 2.20. The van der Waals surface area contributed by atoms with E-state index >= 15 is 0 Å². The van der Waals surface area contributed by atoms with Crippen LogP contribution in [0.1, 0.15) is 5.69 Å². The van der Waals surface area contributed by atoms with Gasteiger partial charge in [0.25, 0.3) is 0 Å². The molecule has 5 aromatic rings. The Balaban J connectivity index is 1.83. The van der Waals surface area contributed by atoms with Crippen LogP contribution in [0.5, 0.6) is 0 Å². The van der Waals surface area contributed by atoms with Gasteiger partial charge in [-0.2, -0.15) is 5.10 Å². The summed E-state index contributed by atoms with van der Waals surface area (Å²) in [5, 5.41) is 6.24. The van der Waals surface area contributed by atoms with Crippen molar-refractivity contribution >= 4 is 10.9 Å². The second kappa shape index (κ2) is 6.54. The molecule has 0 amide bonds. The van der Waals surface area contributed by atoms with Gasteiger partial charge in [-0.15, -0.1) is 0 Å². The van der Waals surface area contributed by atoms with Crippen LogP contribution in [0.15, 0.2) is 91.0 Å². The average molecular weight is 363 g/mol. The Morgan fingerprint density at radius 2 is 1.39 bits per heavy atom. The molecule has 0 atom stereocenters. The SMILES string of the molecule is Cc1c(-c2cc(-c3ccccc3)nn2-c2ccccc2)c2ccccc2n1C. The molecule has 3 aromatic carbocycles. The highest BCUT2D eigenvalue weighted by Crippen LogP contribution is 2.37. The summed E-state index contributed by atoms with van der Waals surface area (Å²) in [7, 11) is 2.13. The van der Waals surface area contributed by atoms with E-state index in [-0.39, 0.29) is 0 Å². The predicted molar refractivity (Wildman–Crippen MR) is 116 cm³/mol. The molecule has 0 unspecified atom stereocenters. The number of rotatable bonds is 3. The highest BCUT2D eigenvalue weighted by atomic mass is 15.3. The molecule has 5 rings (SSSR count). The minimum absolute atomic E-state index is 0.979. The van der Waals surface area contributed by atoms with Crippen molar-refractivity contribution in [3.63, 3.8) is 0 Å². The molecule has 3 heteroatoms. The fourth-order valence-electron chi connectivity index (χ4n) is 3.92. The lowest BCUT2D eigenvalue weighted by molar-refractivity contribution is 0.883. The van der Waals surface area contributed by atoms with Crippen LogP contribution in [0.25, 0.3) is 39.1 Å². The summed E-state index contributed by atoms with van der Waals surface area (Å²) < 4.78 is 4.33. The molecule has 0 saturated carbocycles. The predicted octanol–water partition coefficient (Wildman–Crippen LogP) is 6.01. The fourth-order valence-corrected chi connectivity index (χ4v) is 3.92. The fraction of sp³-hybridized carbons (Fsp3) is 0.0800. The van der Waals surface area contributed by atoms with Crippen molar-refractivity contribution in [2.75, 3.05) is 0 Å². The van der Waals surface area contributed by atoms with Gasteiger partial charge >= 0.3 is 0 Å². The van der Waals surface area contributed by atoms with Crippen molar-refractivity contribution in [2.45, 2.75) is 6.92 Å². The molecule has 0 bridgehead atoms. The Morgan fingerprint density at radius 3 is 2.14 bits per heavy atom. The van der Waals surface area contributed by atoms with Gasteiger partial charge < -0.3 is 4.57 Å². The lowest BCUT2D eigenvalue weighted by atomic mass is 10.1. The molecule has 0 N–H and O–H groups in total. The zero-order valence-corrected chi connectivity index (χ0v) is 16.0. The third-order valence-electron chi connectivity index (χ3n) is 5.44. The van der Waals surface area contributed by atoms with Gasteiger partial charge in [0.1, 0.15) is 0 Å². The van der Waals surface area contributed by atoms with Gasteiger partial charge in [-0.3, -0.25) is 0 Å². The molecule has 0 aliphatic carbocycles. The number of benzene rings is 3. The minimum atomic E-state index is 0.979. The van der Waals surface area contributed by atoms with E-state index < -0.39 is 0 Å². The van der Waals surface area contributed by atoms with Gasteiger partial charge in [0, 0.05) is 34.8 Å². The Bertz CT molecular complexity index is 1260. The van der Waals surface area contributed by atoms with Gasteiger partial charge in [-0.25, -0.2) is 4.68 Å². The summed E-state index contributed by atoms with van der Waals surface area (Å²) in [5.74, 6) is 0. The maximum Gasteiger partial charge on any atom is 0.0934 e. The zero-order chi connectivity index (χ0) is 19.1. The number of aromatic nitrogens is 3. The summed E-state index contributed by atoms with van der Waals surface area (Å²) in [6, 6.07) is 31.5. The summed E-state index contributed by atoms with van der Waals surface area (Å²) in [5.41, 5.74) is 7.97. The number of hydrogen-bond donors (Lipinski definition) is 0. The monoisotopic (exact) mass is 363 g/mol. The van der Waals surface area contributed by atoms with Crippen LogP contribution in [0.4, 0.5) is 0 Å². The average Bonchev–Trinajstić information content (AvgIpc) is 3.29. The van der Waals surface area contributed by atoms with Gasteiger partial charge in [0.2, 0.25) is 0 Å². The third-order valence-corrected chi connectivity index (χ3v) is 5.44. The first kappa shape index (κ1) is 16.6. The van der Waals surface area contributed by atoms with E-state index in [1.165, 1.54) is 22.2 Å². The number of para-hydroxylation sites is 2. The van der Waals surface area contributed by atoms with Crippen LogP contribution in [0.3, 0.4) is 0 Å². The second-order valence-corrected chi connectivity index (χ2v) is 7.06. The quantitative estimate of drug-likeness (QED) is 0.385. The molecule has 0 aliphatic rings. The maximum absolute atomic E-state index is 4.99. The van der Waals surface area contributed by atoms with Crippen molar-refractivity contribution in [1.82, 2.24) is 14.3 Å². The van der Waals surface area contributed by atoms with Crippen LogP contribution >= 0.6 is 0 Å². The topological polar surface area (TPSA) is 22.8 Å². The molecule has 0 aliphatic heterocycles. The van der Waals surface area contributed by atoms with E-state index in [9.17, 15) is 0 Å². The van der Waals surface area contributed by atoms with Crippen molar-refractivity contribution in [3.05, 3.63) is 96.7 Å². The molecular weight excluding hydrogens is 342 g/mol. The van der Waals surface area contributed by atoms with E-state index in [0.717, 1.165) is 22.6 Å². The van der Waals surface area contributed by atoms with E-state index in [4.69, 9.17) is 5.10 Å². The van der Waals surface area contributed by atoms with Crippen LogP contribution in [-0.2, 0) is 7.05 Å². The molecule has 0 saturated heterocycles. The summed E-state index contributed by atoms with van der Waals surface area (Å²) in [6.45, 7) is 2.18. The molecule has 0 spiro atoms. The Hall–Kier alpha value is -3.59. The number of aryl methyl sites for hydroxylation is 1. The number of fused-ring (bicyclic) bond motifs is 1. The number of hydrogen-bond acceptors (Lipinski definition) is 1. The lowest BCUT2D eigenvalue weighted by Gasteiger charge is -2.08. The van der Waals surface area contributed by atoms with E-state index in [1.54, 1.807) is 0 Å². The molecular formula is C25H21N3. The largest absolute Gasteiger partial charge is 0.347 e. The van der Waals surface area contributed by atoms with Gasteiger partial charge in [0.15, 0.2) is 0 Å². The van der Waals surface area contributed by atoms with Gasteiger partial charge in [-0.05, 0) is 31.2 Å². The van der Waals surface area contributed by atoms with Crippen molar-refractivity contribution < 1.29 is 0 Å². The maximum atomic E-state index is 4.99. The normalized spacial score (nSPS) is 11.2. The first-order valence-corrected chi connectivity index (χ1v) is 9.49. The molecule has 136 valence electrons. The molecule has 0 radical (unpaired) electrons. The van der Waals surface area contributed by atoms with Crippen molar-refractivity contribution in [2.24, 2.45) is 7.05 Å². The standard InChI is InChI=1S/C25H21N3/c1-18-25(21-15-9-10-16-23(21)27(18)2)24-17-22(19-11-5-3-6-12-19)26-28(24)20-13-7-4-8-14-20/h3-17H,1-2H3. The Kier molecular flexibility index (Phi) is 3.87. The molecule has 28 heavy (non-hydrogen) atoms. The third kappa shape index (κ3) is 2.55. The van der Waals surface area contributed by atoms with E-state index in [2.05, 4.69) is 102 Å². The molecule has 3 nitrogen and oxygen atoms in total. The molecule has 2 heterocycles. The first-order valence-electron chi connectivity index (χ1n) is 9.49. The Morgan fingerprint density at radius 1 is 0.750 bits per heavy atom. The first-order chi connectivity index (χ1) is 13.7. The highest BCUT2D eigenvalue weighted by molar-refractivity contribution is 5.98. The van der Waals surface area contributed by atoms with E-state index in [1.807, 2.05) is 12.1 Å². The summed E-state index contributed by atoms with van der Waals surface area (Å²) >= 11 is 0. The minimum Gasteiger partial charge on any atom is -0.347 e. The molecule has 0 fully saturated rings. The van der Waals surface area contributed by atoms with Gasteiger partial charge in [-0.1, -0.05) is 66.7 Å². The summed E-state index contributed by atoms with van der Waals surface area (Å²) in [6.07, 6.45) is 0. The van der Waals surface area contributed by atoms with Crippen LogP contribution in [0.2, 0.25) is 0 Å². The van der Waals surface area contributed by atoms with Crippen molar-refractivity contribution in [1.29, 1.82) is 0 Å².